The van der Waals surface area contributed by atoms with Crippen LogP contribution >= 0.6 is 35.8 Å². The van der Waals surface area contributed by atoms with E-state index < -0.39 is 0 Å². The van der Waals surface area contributed by atoms with Crippen LogP contribution in [-0.2, 0) is 4.79 Å². The standard InChI is InChI=1S/C13H19ClN2OS.ClH/c1-10(15)6-8-16-13(17)7-9-18-12-5-3-2-4-11(12)14;/h2-5,10H,6-9,15H2,1H3,(H,16,17);1H. The highest BCUT2D eigenvalue weighted by atomic mass is 35.5. The predicted molar refractivity (Wildman–Crippen MR) is 85.3 cm³/mol. The highest BCUT2D eigenvalue weighted by Crippen LogP contribution is 2.26. The average Bonchev–Trinajstić information content (AvgIpc) is 2.31. The van der Waals surface area contributed by atoms with E-state index in [0.717, 1.165) is 22.1 Å². The van der Waals surface area contributed by atoms with Gasteiger partial charge in [0.05, 0.1) is 5.02 Å². The molecule has 3 nitrogen and oxygen atoms in total. The van der Waals surface area contributed by atoms with Crippen LogP contribution in [0.1, 0.15) is 19.8 Å². The highest BCUT2D eigenvalue weighted by Gasteiger charge is 2.04. The molecule has 0 radical (unpaired) electrons. The third-order valence-electron chi connectivity index (χ3n) is 2.35. The number of carbonyl (C=O) groups excluding carboxylic acids is 1. The molecule has 0 spiro atoms. The number of hydrogen-bond donors (Lipinski definition) is 2. The number of carbonyl (C=O) groups is 1. The van der Waals surface area contributed by atoms with Crippen molar-refractivity contribution in [3.05, 3.63) is 29.3 Å². The Balaban J connectivity index is 0.00000324. The molecule has 0 aliphatic heterocycles. The van der Waals surface area contributed by atoms with Crippen LogP contribution in [0.15, 0.2) is 29.2 Å². The molecule has 1 atom stereocenters. The van der Waals surface area contributed by atoms with E-state index in [1.807, 2.05) is 31.2 Å². The van der Waals surface area contributed by atoms with E-state index in [0.29, 0.717) is 13.0 Å². The maximum atomic E-state index is 11.5. The first-order valence-corrected chi connectivity index (χ1v) is 7.35. The maximum absolute atomic E-state index is 11.5. The fourth-order valence-corrected chi connectivity index (χ4v) is 2.53. The first-order chi connectivity index (χ1) is 8.59. The minimum atomic E-state index is 0. The Morgan fingerprint density at radius 1 is 1.47 bits per heavy atom. The van der Waals surface area contributed by atoms with Crippen molar-refractivity contribution < 1.29 is 4.79 Å². The highest BCUT2D eigenvalue weighted by molar-refractivity contribution is 7.99. The molecule has 0 heterocycles. The van der Waals surface area contributed by atoms with Gasteiger partial charge in [-0.05, 0) is 25.5 Å². The molecule has 0 bridgehead atoms. The van der Waals surface area contributed by atoms with Crippen molar-refractivity contribution in [1.29, 1.82) is 0 Å². The van der Waals surface area contributed by atoms with Gasteiger partial charge in [-0.15, -0.1) is 24.2 Å². The number of hydrogen-bond acceptors (Lipinski definition) is 3. The van der Waals surface area contributed by atoms with Crippen LogP contribution in [0, 0.1) is 0 Å². The molecular formula is C13H20Cl2N2OS. The predicted octanol–water partition coefficient (Wildman–Crippen LogP) is 3.10. The second-order valence-corrected chi connectivity index (χ2v) is 5.69. The molecule has 1 aromatic carbocycles. The average molecular weight is 323 g/mol. The minimum Gasteiger partial charge on any atom is -0.356 e. The van der Waals surface area contributed by atoms with Gasteiger partial charge in [0.2, 0.25) is 5.91 Å². The molecule has 1 unspecified atom stereocenters. The summed E-state index contributed by atoms with van der Waals surface area (Å²) >= 11 is 7.62. The summed E-state index contributed by atoms with van der Waals surface area (Å²) in [6.45, 7) is 2.58. The smallest absolute Gasteiger partial charge is 0.220 e. The van der Waals surface area contributed by atoms with Gasteiger partial charge in [0.1, 0.15) is 0 Å². The Bertz CT molecular complexity index is 389. The Hall–Kier alpha value is -0.420. The van der Waals surface area contributed by atoms with Crippen LogP contribution in [0.3, 0.4) is 0 Å². The van der Waals surface area contributed by atoms with E-state index in [1.54, 1.807) is 11.8 Å². The SMILES string of the molecule is CC(N)CCNC(=O)CCSc1ccccc1Cl.Cl. The van der Waals surface area contributed by atoms with Crippen molar-refractivity contribution in [3.8, 4) is 0 Å². The van der Waals surface area contributed by atoms with Gasteiger partial charge in [-0.25, -0.2) is 0 Å². The van der Waals surface area contributed by atoms with Crippen LogP contribution in [0.5, 0.6) is 0 Å². The molecule has 3 N–H and O–H groups in total. The van der Waals surface area contributed by atoms with Gasteiger partial charge >= 0.3 is 0 Å². The molecule has 108 valence electrons. The van der Waals surface area contributed by atoms with E-state index in [9.17, 15) is 4.79 Å². The van der Waals surface area contributed by atoms with Crippen molar-refractivity contribution >= 4 is 41.7 Å². The van der Waals surface area contributed by atoms with Crippen molar-refractivity contribution in [2.24, 2.45) is 5.73 Å². The summed E-state index contributed by atoms with van der Waals surface area (Å²) in [4.78, 5) is 12.5. The van der Waals surface area contributed by atoms with E-state index in [1.165, 1.54) is 0 Å². The summed E-state index contributed by atoms with van der Waals surface area (Å²) < 4.78 is 0. The van der Waals surface area contributed by atoms with Crippen LogP contribution < -0.4 is 11.1 Å². The van der Waals surface area contributed by atoms with Crippen LogP contribution in [0.4, 0.5) is 0 Å². The Morgan fingerprint density at radius 3 is 2.79 bits per heavy atom. The molecule has 0 aliphatic rings. The first kappa shape index (κ1) is 18.6. The van der Waals surface area contributed by atoms with Crippen molar-refractivity contribution in [1.82, 2.24) is 5.32 Å². The molecule has 1 rings (SSSR count). The molecule has 19 heavy (non-hydrogen) atoms. The molecule has 0 saturated heterocycles. The number of rotatable bonds is 7. The van der Waals surface area contributed by atoms with E-state index in [2.05, 4.69) is 5.32 Å². The lowest BCUT2D eigenvalue weighted by atomic mass is 10.2. The van der Waals surface area contributed by atoms with Gasteiger partial charge in [-0.1, -0.05) is 23.7 Å². The fourth-order valence-electron chi connectivity index (χ4n) is 1.34. The van der Waals surface area contributed by atoms with Crippen LogP contribution in [0.2, 0.25) is 5.02 Å². The number of nitrogens with one attached hydrogen (secondary N) is 1. The number of halogens is 2. The molecule has 0 saturated carbocycles. The second-order valence-electron chi connectivity index (χ2n) is 4.14. The fraction of sp³-hybridized carbons (Fsp3) is 0.462. The van der Waals surface area contributed by atoms with Crippen LogP contribution in [-0.4, -0.2) is 24.2 Å². The number of amides is 1. The molecule has 6 heteroatoms. The second kappa shape index (κ2) is 10.4. The maximum Gasteiger partial charge on any atom is 0.220 e. The van der Waals surface area contributed by atoms with E-state index in [-0.39, 0.29) is 24.4 Å². The monoisotopic (exact) mass is 322 g/mol. The zero-order valence-electron chi connectivity index (χ0n) is 10.9. The van der Waals surface area contributed by atoms with Gasteiger partial charge in [0.15, 0.2) is 0 Å². The summed E-state index contributed by atoms with van der Waals surface area (Å²) in [6.07, 6.45) is 1.30. The van der Waals surface area contributed by atoms with Crippen molar-refractivity contribution in [2.75, 3.05) is 12.3 Å². The van der Waals surface area contributed by atoms with Gasteiger partial charge in [0.25, 0.3) is 0 Å². The quantitative estimate of drug-likeness (QED) is 0.758. The molecule has 0 aliphatic carbocycles. The minimum absolute atomic E-state index is 0. The zero-order chi connectivity index (χ0) is 13.4. The number of thioether (sulfide) groups is 1. The Kier molecular flexibility index (Phi) is 10.1. The van der Waals surface area contributed by atoms with E-state index >= 15 is 0 Å². The van der Waals surface area contributed by atoms with Crippen LogP contribution in [0.25, 0.3) is 0 Å². The summed E-state index contributed by atoms with van der Waals surface area (Å²) in [6, 6.07) is 7.78. The molecule has 1 amide bonds. The normalized spacial score (nSPS) is 11.5. The third kappa shape index (κ3) is 8.37. The molecule has 0 fully saturated rings. The van der Waals surface area contributed by atoms with Gasteiger partial charge in [0, 0.05) is 29.7 Å². The summed E-state index contributed by atoms with van der Waals surface area (Å²) in [5, 5.41) is 3.59. The topological polar surface area (TPSA) is 55.1 Å². The van der Waals surface area contributed by atoms with Gasteiger partial charge in [-0.2, -0.15) is 0 Å². The summed E-state index contributed by atoms with van der Waals surface area (Å²) in [5.74, 6) is 0.795. The lowest BCUT2D eigenvalue weighted by molar-refractivity contribution is -0.120. The number of nitrogens with two attached hydrogens (primary N) is 1. The lowest BCUT2D eigenvalue weighted by Crippen LogP contribution is -2.29. The third-order valence-corrected chi connectivity index (χ3v) is 3.86. The largest absolute Gasteiger partial charge is 0.356 e. The Morgan fingerprint density at radius 2 is 2.16 bits per heavy atom. The summed E-state index contributed by atoms with van der Waals surface area (Å²) in [7, 11) is 0. The van der Waals surface area contributed by atoms with Crippen molar-refractivity contribution in [3.63, 3.8) is 0 Å². The zero-order valence-corrected chi connectivity index (χ0v) is 13.3. The summed E-state index contributed by atoms with van der Waals surface area (Å²) in [5.41, 5.74) is 5.60. The lowest BCUT2D eigenvalue weighted by Gasteiger charge is -2.07. The number of benzene rings is 1. The van der Waals surface area contributed by atoms with Gasteiger partial charge < -0.3 is 11.1 Å². The van der Waals surface area contributed by atoms with Gasteiger partial charge in [-0.3, -0.25) is 4.79 Å². The Labute approximate surface area is 130 Å². The molecule has 1 aromatic rings. The first-order valence-electron chi connectivity index (χ1n) is 5.99. The molecule has 0 aromatic heterocycles. The van der Waals surface area contributed by atoms with E-state index in [4.69, 9.17) is 17.3 Å². The van der Waals surface area contributed by atoms with Crippen molar-refractivity contribution in [2.45, 2.75) is 30.7 Å². The molecular weight excluding hydrogens is 303 g/mol.